The maximum atomic E-state index is 12.6. The normalized spacial score (nSPS) is 11.0. The number of carbonyl (C=O) groups excluding carboxylic acids is 1. The van der Waals surface area contributed by atoms with E-state index in [-0.39, 0.29) is 12.5 Å². The predicted octanol–water partition coefficient (Wildman–Crippen LogP) is 2.67. The van der Waals surface area contributed by atoms with Gasteiger partial charge in [0.1, 0.15) is 5.75 Å². The van der Waals surface area contributed by atoms with E-state index >= 15 is 0 Å². The van der Waals surface area contributed by atoms with E-state index in [1.54, 1.807) is 22.6 Å². The zero-order chi connectivity index (χ0) is 20.2. The molecule has 1 amide bonds. The number of ether oxygens (including phenoxy) is 1. The molecule has 0 saturated heterocycles. The SMILES string of the molecule is CCOc1ccccc1C(=O)NCc1nnc2cc(-c3nc(CC)no3)ccn12. The molecule has 0 saturated carbocycles. The van der Waals surface area contributed by atoms with Gasteiger partial charge in [-0.05, 0) is 31.2 Å². The first kappa shape index (κ1) is 18.6. The first-order valence-corrected chi connectivity index (χ1v) is 9.36. The maximum Gasteiger partial charge on any atom is 0.258 e. The molecule has 0 aliphatic rings. The highest BCUT2D eigenvalue weighted by atomic mass is 16.5. The van der Waals surface area contributed by atoms with Gasteiger partial charge in [-0.25, -0.2) is 0 Å². The smallest absolute Gasteiger partial charge is 0.258 e. The minimum absolute atomic E-state index is 0.223. The highest BCUT2D eigenvalue weighted by Crippen LogP contribution is 2.20. The summed E-state index contributed by atoms with van der Waals surface area (Å²) in [6.45, 7) is 4.55. The number of rotatable bonds is 7. The molecule has 0 radical (unpaired) electrons. The van der Waals surface area contributed by atoms with Gasteiger partial charge in [0.05, 0.1) is 18.7 Å². The Balaban J connectivity index is 1.51. The number of hydrogen-bond donors (Lipinski definition) is 1. The molecule has 3 heterocycles. The first-order valence-electron chi connectivity index (χ1n) is 9.36. The Hall–Kier alpha value is -3.75. The van der Waals surface area contributed by atoms with Gasteiger partial charge in [0.25, 0.3) is 11.8 Å². The highest BCUT2D eigenvalue weighted by Gasteiger charge is 2.14. The van der Waals surface area contributed by atoms with E-state index < -0.39 is 0 Å². The monoisotopic (exact) mass is 392 g/mol. The highest BCUT2D eigenvalue weighted by molar-refractivity contribution is 5.96. The van der Waals surface area contributed by atoms with Crippen molar-refractivity contribution in [3.63, 3.8) is 0 Å². The van der Waals surface area contributed by atoms with E-state index in [9.17, 15) is 4.79 Å². The summed E-state index contributed by atoms with van der Waals surface area (Å²) in [5, 5.41) is 15.1. The summed E-state index contributed by atoms with van der Waals surface area (Å²) in [7, 11) is 0. The summed E-state index contributed by atoms with van der Waals surface area (Å²) in [6, 6.07) is 10.8. The second kappa shape index (κ2) is 8.09. The number of amides is 1. The summed E-state index contributed by atoms with van der Waals surface area (Å²) >= 11 is 0. The molecule has 1 N–H and O–H groups in total. The lowest BCUT2D eigenvalue weighted by molar-refractivity contribution is 0.0946. The number of aromatic nitrogens is 5. The van der Waals surface area contributed by atoms with Crippen LogP contribution in [0.2, 0.25) is 0 Å². The van der Waals surface area contributed by atoms with Gasteiger partial charge in [0, 0.05) is 18.2 Å². The largest absolute Gasteiger partial charge is 0.493 e. The summed E-state index contributed by atoms with van der Waals surface area (Å²) in [4.78, 5) is 16.9. The van der Waals surface area contributed by atoms with Crippen molar-refractivity contribution < 1.29 is 14.1 Å². The molecule has 9 heteroatoms. The minimum atomic E-state index is -0.236. The molecule has 0 fully saturated rings. The molecule has 1 aromatic carbocycles. The molecule has 29 heavy (non-hydrogen) atoms. The topological polar surface area (TPSA) is 107 Å². The van der Waals surface area contributed by atoms with Crippen LogP contribution in [0.5, 0.6) is 5.75 Å². The van der Waals surface area contributed by atoms with E-state index in [1.165, 1.54) is 0 Å². The standard InChI is InChI=1S/C20H20N6O3/c1-3-16-22-20(29-25-16)13-9-10-26-17(11-13)23-24-18(26)12-21-19(27)14-7-5-6-8-15(14)28-4-2/h5-11H,3-4,12H2,1-2H3,(H,21,27). The third kappa shape index (κ3) is 3.79. The molecule has 3 aromatic heterocycles. The third-order valence-electron chi connectivity index (χ3n) is 4.35. The van der Waals surface area contributed by atoms with Crippen molar-refractivity contribution in [3.05, 3.63) is 59.8 Å². The van der Waals surface area contributed by atoms with Crippen molar-refractivity contribution in [2.75, 3.05) is 6.61 Å². The fourth-order valence-electron chi connectivity index (χ4n) is 2.90. The van der Waals surface area contributed by atoms with E-state index in [0.717, 1.165) is 5.56 Å². The quantitative estimate of drug-likeness (QED) is 0.515. The van der Waals surface area contributed by atoms with Crippen LogP contribution in [0.3, 0.4) is 0 Å². The van der Waals surface area contributed by atoms with Crippen LogP contribution < -0.4 is 10.1 Å². The van der Waals surface area contributed by atoms with E-state index in [1.807, 2.05) is 38.2 Å². The van der Waals surface area contributed by atoms with E-state index in [4.69, 9.17) is 9.26 Å². The van der Waals surface area contributed by atoms with Gasteiger partial charge >= 0.3 is 0 Å². The van der Waals surface area contributed by atoms with Gasteiger partial charge in [0.15, 0.2) is 17.3 Å². The second-order valence-electron chi connectivity index (χ2n) is 6.24. The van der Waals surface area contributed by atoms with Crippen LogP contribution in [0, 0.1) is 0 Å². The molecule has 0 unspecified atom stereocenters. The van der Waals surface area contributed by atoms with Gasteiger partial charge in [-0.15, -0.1) is 10.2 Å². The molecular weight excluding hydrogens is 372 g/mol. The molecule has 9 nitrogen and oxygen atoms in total. The second-order valence-corrected chi connectivity index (χ2v) is 6.24. The Morgan fingerprint density at radius 1 is 1.21 bits per heavy atom. The van der Waals surface area contributed by atoms with Crippen LogP contribution in [-0.4, -0.2) is 37.3 Å². The van der Waals surface area contributed by atoms with Crippen LogP contribution in [0.15, 0.2) is 47.1 Å². The fraction of sp³-hybridized carbons (Fsp3) is 0.250. The van der Waals surface area contributed by atoms with Crippen molar-refractivity contribution in [3.8, 4) is 17.2 Å². The number of carbonyl (C=O) groups is 1. The third-order valence-corrected chi connectivity index (χ3v) is 4.35. The molecule has 4 rings (SSSR count). The van der Waals surface area contributed by atoms with Crippen LogP contribution >= 0.6 is 0 Å². The molecular formula is C20H20N6O3. The summed E-state index contributed by atoms with van der Waals surface area (Å²) < 4.78 is 12.6. The van der Waals surface area contributed by atoms with Crippen LogP contribution in [-0.2, 0) is 13.0 Å². The Kier molecular flexibility index (Phi) is 5.19. The van der Waals surface area contributed by atoms with Crippen LogP contribution in [0.1, 0.15) is 35.9 Å². The first-order chi connectivity index (χ1) is 14.2. The number of pyridine rings is 1. The van der Waals surface area contributed by atoms with Crippen molar-refractivity contribution in [1.29, 1.82) is 0 Å². The number of hydrogen-bond acceptors (Lipinski definition) is 7. The van der Waals surface area contributed by atoms with Gasteiger partial charge in [-0.3, -0.25) is 9.20 Å². The Morgan fingerprint density at radius 3 is 2.86 bits per heavy atom. The van der Waals surface area contributed by atoms with Crippen molar-refractivity contribution in [1.82, 2.24) is 30.1 Å². The van der Waals surface area contributed by atoms with Gasteiger partial charge < -0.3 is 14.6 Å². The van der Waals surface area contributed by atoms with E-state index in [2.05, 4.69) is 25.7 Å². The number of aryl methyl sites for hydroxylation is 1. The minimum Gasteiger partial charge on any atom is -0.493 e. The summed E-state index contributed by atoms with van der Waals surface area (Å²) in [6.07, 6.45) is 2.52. The molecule has 0 aliphatic carbocycles. The van der Waals surface area contributed by atoms with Crippen molar-refractivity contribution in [2.45, 2.75) is 26.8 Å². The lowest BCUT2D eigenvalue weighted by atomic mass is 10.2. The molecule has 4 aromatic rings. The Morgan fingerprint density at radius 2 is 2.07 bits per heavy atom. The summed E-state index contributed by atoms with van der Waals surface area (Å²) in [5.74, 6) is 2.01. The number of nitrogens with zero attached hydrogens (tertiary/aromatic N) is 5. The van der Waals surface area contributed by atoms with Crippen molar-refractivity contribution in [2.24, 2.45) is 0 Å². The van der Waals surface area contributed by atoms with Crippen molar-refractivity contribution >= 4 is 11.6 Å². The molecule has 148 valence electrons. The van der Waals surface area contributed by atoms with Gasteiger partial charge in [0.2, 0.25) is 0 Å². The zero-order valence-electron chi connectivity index (χ0n) is 16.1. The lowest BCUT2D eigenvalue weighted by Crippen LogP contribution is -2.24. The number of benzene rings is 1. The number of fused-ring (bicyclic) bond motifs is 1. The fourth-order valence-corrected chi connectivity index (χ4v) is 2.90. The van der Waals surface area contributed by atoms with Crippen LogP contribution in [0.4, 0.5) is 0 Å². The average molecular weight is 392 g/mol. The van der Waals surface area contributed by atoms with Crippen LogP contribution in [0.25, 0.3) is 17.1 Å². The Bertz CT molecular complexity index is 1150. The van der Waals surface area contributed by atoms with Gasteiger partial charge in [-0.2, -0.15) is 4.98 Å². The molecule has 0 spiro atoms. The Labute approximate surface area is 166 Å². The molecule has 0 bridgehead atoms. The average Bonchev–Trinajstić information content (AvgIpc) is 3.39. The van der Waals surface area contributed by atoms with Gasteiger partial charge in [-0.1, -0.05) is 24.2 Å². The molecule has 0 aliphatic heterocycles. The zero-order valence-corrected chi connectivity index (χ0v) is 16.1. The summed E-state index contributed by atoms with van der Waals surface area (Å²) in [5.41, 5.74) is 1.87. The number of nitrogens with one attached hydrogen (secondary N) is 1. The predicted molar refractivity (Wildman–Crippen MR) is 104 cm³/mol. The molecule has 0 atom stereocenters. The maximum absolute atomic E-state index is 12.6. The van der Waals surface area contributed by atoms with E-state index in [0.29, 0.717) is 47.5 Å². The lowest BCUT2D eigenvalue weighted by Gasteiger charge is -2.10. The number of para-hydroxylation sites is 1.